The van der Waals surface area contributed by atoms with Crippen molar-refractivity contribution in [1.82, 2.24) is 15.1 Å². The van der Waals surface area contributed by atoms with Gasteiger partial charge in [-0.1, -0.05) is 5.16 Å². The maximum atomic E-state index is 8.77. The molecule has 0 saturated heterocycles. The van der Waals surface area contributed by atoms with Crippen LogP contribution in [0.15, 0.2) is 22.9 Å². The van der Waals surface area contributed by atoms with Gasteiger partial charge in [-0.3, -0.25) is 0 Å². The minimum atomic E-state index is -0.619. The predicted molar refractivity (Wildman–Crippen MR) is 48.1 cm³/mol. The number of nitrogens with one attached hydrogen (secondary N) is 1. The third kappa shape index (κ3) is 1.52. The van der Waals surface area contributed by atoms with Gasteiger partial charge >= 0.3 is 0 Å². The maximum absolute atomic E-state index is 8.77. The molecular weight excluding hydrogens is 184 g/mol. The van der Waals surface area contributed by atoms with Crippen molar-refractivity contribution in [3.8, 4) is 11.5 Å². The summed E-state index contributed by atoms with van der Waals surface area (Å²) in [5, 5.41) is 12.5. The molecule has 0 amide bonds. The number of aromatic amines is 1. The van der Waals surface area contributed by atoms with E-state index < -0.39 is 6.04 Å². The molecule has 0 aliphatic carbocycles. The predicted octanol–water partition coefficient (Wildman–Crippen LogP) is 0.0568. The lowest BCUT2D eigenvalue weighted by Gasteiger charge is -1.98. The van der Waals surface area contributed by atoms with Gasteiger partial charge in [0.15, 0.2) is 0 Å². The average Bonchev–Trinajstić information content (AvgIpc) is 2.86. The fraction of sp³-hybridized carbons (Fsp3) is 0.250. The molecule has 1 atom stereocenters. The van der Waals surface area contributed by atoms with Crippen molar-refractivity contribution in [2.75, 3.05) is 6.61 Å². The van der Waals surface area contributed by atoms with E-state index in [1.807, 2.05) is 12.1 Å². The summed E-state index contributed by atoms with van der Waals surface area (Å²) in [5.74, 6) is 0.672. The Morgan fingerprint density at radius 3 is 3.14 bits per heavy atom. The summed E-state index contributed by atoms with van der Waals surface area (Å²) in [6.07, 6.45) is 1.76. The molecule has 0 aromatic carbocycles. The minimum absolute atomic E-state index is 0.216. The molecule has 0 saturated carbocycles. The Morgan fingerprint density at radius 1 is 1.64 bits per heavy atom. The lowest BCUT2D eigenvalue weighted by atomic mass is 10.3. The molecule has 0 spiro atoms. The van der Waals surface area contributed by atoms with Crippen molar-refractivity contribution in [1.29, 1.82) is 0 Å². The minimum Gasteiger partial charge on any atom is -0.394 e. The first kappa shape index (κ1) is 8.92. The van der Waals surface area contributed by atoms with E-state index in [1.54, 1.807) is 6.20 Å². The van der Waals surface area contributed by atoms with E-state index >= 15 is 0 Å². The van der Waals surface area contributed by atoms with Crippen LogP contribution >= 0.6 is 0 Å². The number of aliphatic hydroxyl groups is 1. The highest BCUT2D eigenvalue weighted by atomic mass is 16.5. The quantitative estimate of drug-likeness (QED) is 0.641. The van der Waals surface area contributed by atoms with Crippen molar-refractivity contribution in [3.05, 3.63) is 24.2 Å². The molecule has 4 N–H and O–H groups in total. The second-order valence-electron chi connectivity index (χ2n) is 2.83. The molecule has 0 radical (unpaired) electrons. The highest BCUT2D eigenvalue weighted by Crippen LogP contribution is 2.15. The second-order valence-corrected chi connectivity index (χ2v) is 2.83. The van der Waals surface area contributed by atoms with Gasteiger partial charge in [0.05, 0.1) is 12.3 Å². The number of aromatic nitrogens is 3. The Kier molecular flexibility index (Phi) is 2.30. The summed E-state index contributed by atoms with van der Waals surface area (Å²) < 4.78 is 4.88. The summed E-state index contributed by atoms with van der Waals surface area (Å²) in [5.41, 5.74) is 6.26. The molecule has 2 aromatic heterocycles. The third-order valence-corrected chi connectivity index (χ3v) is 1.79. The monoisotopic (exact) mass is 194 g/mol. The summed E-state index contributed by atoms with van der Waals surface area (Å²) in [6, 6.07) is 3.03. The van der Waals surface area contributed by atoms with Crippen LogP contribution in [0.5, 0.6) is 0 Å². The molecule has 2 aromatic rings. The van der Waals surface area contributed by atoms with Gasteiger partial charge in [0, 0.05) is 6.20 Å². The van der Waals surface area contributed by atoms with Crippen LogP contribution in [-0.4, -0.2) is 26.8 Å². The average molecular weight is 194 g/mol. The van der Waals surface area contributed by atoms with Crippen molar-refractivity contribution in [3.63, 3.8) is 0 Å². The van der Waals surface area contributed by atoms with Crippen molar-refractivity contribution >= 4 is 0 Å². The van der Waals surface area contributed by atoms with Gasteiger partial charge < -0.3 is 20.3 Å². The van der Waals surface area contributed by atoms with Gasteiger partial charge in [0.25, 0.3) is 0 Å². The smallest absolute Gasteiger partial charge is 0.246 e. The van der Waals surface area contributed by atoms with Gasteiger partial charge in [-0.25, -0.2) is 0 Å². The van der Waals surface area contributed by atoms with Gasteiger partial charge in [-0.15, -0.1) is 0 Å². The second kappa shape index (κ2) is 3.60. The molecule has 2 heterocycles. The molecule has 2 rings (SSSR count). The van der Waals surface area contributed by atoms with Crippen LogP contribution in [-0.2, 0) is 0 Å². The van der Waals surface area contributed by atoms with Crippen LogP contribution in [0.2, 0.25) is 0 Å². The molecule has 6 nitrogen and oxygen atoms in total. The molecule has 14 heavy (non-hydrogen) atoms. The van der Waals surface area contributed by atoms with Crippen molar-refractivity contribution in [2.45, 2.75) is 6.04 Å². The third-order valence-electron chi connectivity index (χ3n) is 1.79. The zero-order valence-electron chi connectivity index (χ0n) is 7.34. The fourth-order valence-corrected chi connectivity index (χ4v) is 1.04. The molecule has 0 aliphatic rings. The fourth-order valence-electron chi connectivity index (χ4n) is 1.04. The van der Waals surface area contributed by atoms with Crippen LogP contribution in [0.25, 0.3) is 11.5 Å². The van der Waals surface area contributed by atoms with E-state index in [-0.39, 0.29) is 12.5 Å². The van der Waals surface area contributed by atoms with Gasteiger partial charge in [0.2, 0.25) is 11.7 Å². The van der Waals surface area contributed by atoms with E-state index in [1.165, 1.54) is 0 Å². The SMILES string of the molecule is NC(CO)c1nc(-c2ccc[nH]2)no1. The highest BCUT2D eigenvalue weighted by molar-refractivity contribution is 5.47. The van der Waals surface area contributed by atoms with Gasteiger partial charge in [-0.2, -0.15) is 4.98 Å². The standard InChI is InChI=1S/C8H10N4O2/c9-5(4-13)8-11-7(12-14-8)6-2-1-3-10-6/h1-3,5,10,13H,4,9H2. The first-order valence-electron chi connectivity index (χ1n) is 4.15. The molecule has 74 valence electrons. The van der Waals surface area contributed by atoms with Gasteiger partial charge in [-0.05, 0) is 12.1 Å². The summed E-state index contributed by atoms with van der Waals surface area (Å²) >= 11 is 0. The zero-order chi connectivity index (χ0) is 9.97. The first-order chi connectivity index (χ1) is 6.81. The number of aliphatic hydroxyl groups excluding tert-OH is 1. The van der Waals surface area contributed by atoms with Crippen LogP contribution in [0, 0.1) is 0 Å². The van der Waals surface area contributed by atoms with E-state index in [0.29, 0.717) is 5.82 Å². The number of hydrogen-bond acceptors (Lipinski definition) is 5. The first-order valence-corrected chi connectivity index (χ1v) is 4.15. The number of H-pyrrole nitrogens is 1. The Hall–Kier alpha value is -1.66. The summed E-state index contributed by atoms with van der Waals surface area (Å²) in [4.78, 5) is 6.96. The van der Waals surface area contributed by atoms with Crippen molar-refractivity contribution < 1.29 is 9.63 Å². The lowest BCUT2D eigenvalue weighted by molar-refractivity contribution is 0.237. The van der Waals surface area contributed by atoms with E-state index in [9.17, 15) is 0 Å². The summed E-state index contributed by atoms with van der Waals surface area (Å²) in [7, 11) is 0. The van der Waals surface area contributed by atoms with E-state index in [2.05, 4.69) is 15.1 Å². The molecule has 1 unspecified atom stereocenters. The molecule has 0 fully saturated rings. The number of nitrogens with zero attached hydrogens (tertiary/aromatic N) is 2. The normalized spacial score (nSPS) is 13.0. The van der Waals surface area contributed by atoms with Crippen LogP contribution in [0.1, 0.15) is 11.9 Å². The zero-order valence-corrected chi connectivity index (χ0v) is 7.34. The van der Waals surface area contributed by atoms with Crippen LogP contribution in [0.3, 0.4) is 0 Å². The Morgan fingerprint density at radius 2 is 2.50 bits per heavy atom. The lowest BCUT2D eigenvalue weighted by Crippen LogP contribution is -2.14. The van der Waals surface area contributed by atoms with E-state index in [0.717, 1.165) is 5.69 Å². The van der Waals surface area contributed by atoms with Crippen molar-refractivity contribution in [2.24, 2.45) is 5.73 Å². The number of nitrogens with two attached hydrogens (primary N) is 1. The number of hydrogen-bond donors (Lipinski definition) is 3. The Bertz CT molecular complexity index is 395. The van der Waals surface area contributed by atoms with Crippen LogP contribution in [0.4, 0.5) is 0 Å². The highest BCUT2D eigenvalue weighted by Gasteiger charge is 2.14. The molecule has 0 aliphatic heterocycles. The molecule has 0 bridgehead atoms. The Balaban J connectivity index is 2.26. The molecular formula is C8H10N4O2. The maximum Gasteiger partial charge on any atom is 0.246 e. The summed E-state index contributed by atoms with van der Waals surface area (Å²) in [6.45, 7) is -0.216. The topological polar surface area (TPSA) is 101 Å². The molecule has 6 heteroatoms. The van der Waals surface area contributed by atoms with Crippen LogP contribution < -0.4 is 5.73 Å². The van der Waals surface area contributed by atoms with Gasteiger partial charge in [0.1, 0.15) is 6.04 Å². The Labute approximate surface area is 79.7 Å². The van der Waals surface area contributed by atoms with E-state index in [4.69, 9.17) is 15.4 Å². The number of rotatable bonds is 3. The largest absolute Gasteiger partial charge is 0.394 e.